The Kier molecular flexibility index (Phi) is 5.38. The minimum Gasteiger partial charge on any atom is -0.494 e. The van der Waals surface area contributed by atoms with Gasteiger partial charge in [-0.1, -0.05) is 42.5 Å². The number of carbonyl (C=O) groups excluding carboxylic acids is 1. The summed E-state index contributed by atoms with van der Waals surface area (Å²) in [6, 6.07) is 17.4. The molecule has 0 bridgehead atoms. The van der Waals surface area contributed by atoms with Crippen LogP contribution in [0.1, 0.15) is 42.9 Å². The lowest BCUT2D eigenvalue weighted by atomic mass is 9.72. The van der Waals surface area contributed by atoms with Gasteiger partial charge in [0.05, 0.1) is 18.8 Å². The molecule has 0 aromatic heterocycles. The second-order valence-corrected chi connectivity index (χ2v) is 7.86. The summed E-state index contributed by atoms with van der Waals surface area (Å²) in [4.78, 5) is 14.5. The van der Waals surface area contributed by atoms with Crippen LogP contribution < -0.4 is 10.5 Å². The van der Waals surface area contributed by atoms with Crippen LogP contribution in [0.15, 0.2) is 54.6 Å². The Bertz CT molecular complexity index is 816. The monoisotopic (exact) mass is 380 g/mol. The van der Waals surface area contributed by atoms with Gasteiger partial charge in [-0.15, -0.1) is 0 Å². The van der Waals surface area contributed by atoms with Crippen LogP contribution >= 0.6 is 0 Å². The first-order valence-corrected chi connectivity index (χ1v) is 10.1. The topological polar surface area (TPSA) is 75.8 Å². The summed E-state index contributed by atoms with van der Waals surface area (Å²) in [5, 5.41) is 10.9. The van der Waals surface area contributed by atoms with Crippen LogP contribution in [0.5, 0.6) is 5.75 Å². The van der Waals surface area contributed by atoms with Crippen LogP contribution in [0, 0.1) is 0 Å². The van der Waals surface area contributed by atoms with Gasteiger partial charge in [0.25, 0.3) is 0 Å². The number of benzene rings is 2. The number of nitrogens with zero attached hydrogens (tertiary/aromatic N) is 1. The largest absolute Gasteiger partial charge is 0.494 e. The number of aliphatic hydroxyl groups excluding tert-OH is 1. The molecule has 1 aliphatic heterocycles. The van der Waals surface area contributed by atoms with Gasteiger partial charge in [-0.05, 0) is 42.5 Å². The number of fused-ring (bicyclic) bond motifs is 2. The minimum absolute atomic E-state index is 0.164. The lowest BCUT2D eigenvalue weighted by molar-refractivity contribution is -0.133. The first-order chi connectivity index (χ1) is 13.6. The summed E-state index contributed by atoms with van der Waals surface area (Å²) in [5.74, 6) is 0.997. The maximum Gasteiger partial charge on any atom is 0.222 e. The van der Waals surface area contributed by atoms with Crippen LogP contribution in [-0.4, -0.2) is 41.7 Å². The Morgan fingerprint density at radius 2 is 1.79 bits per heavy atom. The van der Waals surface area contributed by atoms with E-state index in [4.69, 9.17) is 10.5 Å². The van der Waals surface area contributed by atoms with Crippen LogP contribution in [0.2, 0.25) is 0 Å². The molecule has 1 spiro atoms. The fourth-order valence-electron chi connectivity index (χ4n) is 4.72. The molecule has 2 atom stereocenters. The van der Waals surface area contributed by atoms with Gasteiger partial charge in [-0.25, -0.2) is 0 Å². The van der Waals surface area contributed by atoms with E-state index < -0.39 is 6.10 Å². The van der Waals surface area contributed by atoms with Gasteiger partial charge in [0, 0.05) is 24.9 Å². The molecule has 1 saturated heterocycles. The number of amides is 1. The maximum absolute atomic E-state index is 12.6. The van der Waals surface area contributed by atoms with Gasteiger partial charge in [0.1, 0.15) is 5.75 Å². The van der Waals surface area contributed by atoms with Crippen LogP contribution in [0.3, 0.4) is 0 Å². The quantitative estimate of drug-likeness (QED) is 0.782. The van der Waals surface area contributed by atoms with Gasteiger partial charge >= 0.3 is 0 Å². The predicted molar refractivity (Wildman–Crippen MR) is 108 cm³/mol. The van der Waals surface area contributed by atoms with E-state index in [1.165, 1.54) is 5.56 Å². The molecule has 0 unspecified atom stereocenters. The van der Waals surface area contributed by atoms with Gasteiger partial charge in [0.2, 0.25) is 5.91 Å². The first kappa shape index (κ1) is 19.0. The summed E-state index contributed by atoms with van der Waals surface area (Å²) in [5.41, 5.74) is 8.17. The zero-order chi connectivity index (χ0) is 19.6. The smallest absolute Gasteiger partial charge is 0.222 e. The summed E-state index contributed by atoms with van der Waals surface area (Å²) in [6.45, 7) is 1.86. The summed E-state index contributed by atoms with van der Waals surface area (Å²) >= 11 is 0. The Labute approximate surface area is 166 Å². The zero-order valence-corrected chi connectivity index (χ0v) is 16.1. The molecule has 0 saturated carbocycles. The molecule has 2 aliphatic rings. The van der Waals surface area contributed by atoms with E-state index in [1.54, 1.807) is 0 Å². The highest BCUT2D eigenvalue weighted by Crippen LogP contribution is 2.50. The Balaban J connectivity index is 1.30. The first-order valence-electron chi connectivity index (χ1n) is 10.1. The molecule has 5 nitrogen and oxygen atoms in total. The predicted octanol–water partition coefficient (Wildman–Crippen LogP) is 2.78. The van der Waals surface area contributed by atoms with E-state index >= 15 is 0 Å². The number of aliphatic hydroxyl groups is 1. The van der Waals surface area contributed by atoms with Crippen molar-refractivity contribution >= 4 is 5.91 Å². The number of carbonyl (C=O) groups is 1. The number of piperidine rings is 1. The van der Waals surface area contributed by atoms with Crippen LogP contribution in [-0.2, 0) is 10.2 Å². The van der Waals surface area contributed by atoms with Crippen molar-refractivity contribution in [2.45, 2.75) is 43.2 Å². The van der Waals surface area contributed by atoms with Crippen molar-refractivity contribution in [1.29, 1.82) is 0 Å². The Hall–Kier alpha value is -2.37. The maximum atomic E-state index is 12.6. The SMILES string of the molecule is N[C@H]1c2ccccc2C2(CCN(C(=O)CCCOc3ccccc3)CC2)[C@@H]1O. The molecule has 2 aromatic carbocycles. The standard InChI is InChI=1S/C23H28N2O3/c24-21-18-9-4-5-10-19(18)23(22(21)27)12-14-25(15-13-23)20(26)11-6-16-28-17-7-2-1-3-8-17/h1-5,7-10,21-22,27H,6,11-16,24H2/t21-,22+/m0/s1. The fourth-order valence-corrected chi connectivity index (χ4v) is 4.72. The van der Waals surface area contributed by atoms with Gasteiger partial charge in [-0.2, -0.15) is 0 Å². The van der Waals surface area contributed by atoms with Crippen molar-refractivity contribution in [3.8, 4) is 5.75 Å². The van der Waals surface area contributed by atoms with Crippen molar-refractivity contribution in [2.24, 2.45) is 5.73 Å². The fraction of sp³-hybridized carbons (Fsp3) is 0.435. The highest BCUT2D eigenvalue weighted by molar-refractivity contribution is 5.76. The number of rotatable bonds is 5. The third-order valence-corrected chi connectivity index (χ3v) is 6.32. The molecule has 3 N–H and O–H groups in total. The van der Waals surface area contributed by atoms with E-state index in [9.17, 15) is 9.90 Å². The van der Waals surface area contributed by atoms with Gasteiger partial charge < -0.3 is 20.5 Å². The van der Waals surface area contributed by atoms with E-state index in [2.05, 4.69) is 6.07 Å². The molecule has 28 heavy (non-hydrogen) atoms. The second-order valence-electron chi connectivity index (χ2n) is 7.86. The number of hydrogen-bond donors (Lipinski definition) is 2. The van der Waals surface area contributed by atoms with Crippen LogP contribution in [0.4, 0.5) is 0 Å². The Morgan fingerprint density at radius 1 is 1.11 bits per heavy atom. The minimum atomic E-state index is -0.582. The number of hydrogen-bond acceptors (Lipinski definition) is 4. The lowest BCUT2D eigenvalue weighted by Gasteiger charge is -2.42. The molecule has 1 amide bonds. The molecular weight excluding hydrogens is 352 g/mol. The molecular formula is C23H28N2O3. The molecule has 1 heterocycles. The van der Waals surface area contributed by atoms with Gasteiger partial charge in [0.15, 0.2) is 0 Å². The molecule has 148 valence electrons. The third-order valence-electron chi connectivity index (χ3n) is 6.32. The second kappa shape index (κ2) is 7.94. The molecule has 1 aliphatic carbocycles. The van der Waals surface area contributed by atoms with E-state index in [-0.39, 0.29) is 17.4 Å². The summed E-state index contributed by atoms with van der Waals surface area (Å²) < 4.78 is 5.67. The van der Waals surface area contributed by atoms with E-state index in [0.717, 1.165) is 24.2 Å². The Morgan fingerprint density at radius 3 is 2.54 bits per heavy atom. The lowest BCUT2D eigenvalue weighted by Crippen LogP contribution is -2.50. The third kappa shape index (κ3) is 3.40. The zero-order valence-electron chi connectivity index (χ0n) is 16.1. The normalized spacial score (nSPS) is 22.9. The number of para-hydroxylation sites is 1. The van der Waals surface area contributed by atoms with Crippen molar-refractivity contribution in [3.05, 3.63) is 65.7 Å². The van der Waals surface area contributed by atoms with E-state index in [1.807, 2.05) is 53.4 Å². The highest BCUT2D eigenvalue weighted by atomic mass is 16.5. The van der Waals surface area contributed by atoms with Crippen molar-refractivity contribution in [2.75, 3.05) is 19.7 Å². The van der Waals surface area contributed by atoms with Gasteiger partial charge in [-0.3, -0.25) is 4.79 Å². The summed E-state index contributed by atoms with van der Waals surface area (Å²) in [7, 11) is 0. The number of nitrogens with two attached hydrogens (primary N) is 1. The van der Waals surface area contributed by atoms with Crippen molar-refractivity contribution in [3.63, 3.8) is 0 Å². The molecule has 4 rings (SSSR count). The summed E-state index contributed by atoms with van der Waals surface area (Å²) in [6.07, 6.45) is 2.11. The van der Waals surface area contributed by atoms with Crippen molar-refractivity contribution < 1.29 is 14.6 Å². The average Bonchev–Trinajstić information content (AvgIpc) is 2.95. The molecule has 5 heteroatoms. The van der Waals surface area contributed by atoms with E-state index in [0.29, 0.717) is 32.5 Å². The molecule has 0 radical (unpaired) electrons. The molecule has 1 fully saturated rings. The average molecular weight is 380 g/mol. The van der Waals surface area contributed by atoms with Crippen molar-refractivity contribution in [1.82, 2.24) is 4.90 Å². The molecule has 2 aromatic rings. The number of ether oxygens (including phenoxy) is 1. The number of likely N-dealkylation sites (tertiary alicyclic amines) is 1. The highest BCUT2D eigenvalue weighted by Gasteiger charge is 2.51. The van der Waals surface area contributed by atoms with Crippen LogP contribution in [0.25, 0.3) is 0 Å².